The van der Waals surface area contributed by atoms with Gasteiger partial charge < -0.3 is 13.9 Å². The molecule has 2 aromatic carbocycles. The summed E-state index contributed by atoms with van der Waals surface area (Å²) in [6.45, 7) is 0.199. The summed E-state index contributed by atoms with van der Waals surface area (Å²) >= 11 is 3.42. The van der Waals surface area contributed by atoms with Gasteiger partial charge in [0.2, 0.25) is 0 Å². The minimum Gasteiger partial charge on any atom is -0.496 e. The lowest BCUT2D eigenvalue weighted by Crippen LogP contribution is -1.96. The number of ether oxygens (including phenoxy) is 2. The molecule has 0 bridgehead atoms. The molecule has 1 aromatic heterocycles. The summed E-state index contributed by atoms with van der Waals surface area (Å²) in [5.41, 5.74) is 0.754. The number of benzene rings is 2. The number of halogens is 1. The molecule has 112 valence electrons. The maximum absolute atomic E-state index is 5.65. The van der Waals surface area contributed by atoms with Gasteiger partial charge in [-0.2, -0.15) is 0 Å². The number of hydrogen-bond donors (Lipinski definition) is 0. The fourth-order valence-corrected chi connectivity index (χ4v) is 2.34. The van der Waals surface area contributed by atoms with Crippen LogP contribution in [0.1, 0.15) is 5.89 Å². The third-order valence-electron chi connectivity index (χ3n) is 2.99. The summed E-state index contributed by atoms with van der Waals surface area (Å²) in [4.78, 5) is 0. The van der Waals surface area contributed by atoms with Crippen molar-refractivity contribution in [3.8, 4) is 23.0 Å². The van der Waals surface area contributed by atoms with Crippen LogP contribution >= 0.6 is 15.9 Å². The van der Waals surface area contributed by atoms with Gasteiger partial charge in [0.25, 0.3) is 11.8 Å². The van der Waals surface area contributed by atoms with Gasteiger partial charge in [-0.25, -0.2) is 0 Å². The molecule has 0 aliphatic heterocycles. The van der Waals surface area contributed by atoms with Gasteiger partial charge in [-0.1, -0.05) is 24.3 Å². The SMILES string of the molecule is COc1ccccc1-c1nnc(COc2ccccc2Br)o1. The zero-order chi connectivity index (χ0) is 15.4. The first-order chi connectivity index (χ1) is 10.8. The second kappa shape index (κ2) is 6.62. The van der Waals surface area contributed by atoms with Gasteiger partial charge in [0.15, 0.2) is 6.61 Å². The molecule has 0 radical (unpaired) electrons. The summed E-state index contributed by atoms with van der Waals surface area (Å²) in [6, 6.07) is 15.1. The Morgan fingerprint density at radius 3 is 2.50 bits per heavy atom. The summed E-state index contributed by atoms with van der Waals surface area (Å²) in [5.74, 6) is 2.21. The molecule has 0 aliphatic carbocycles. The Morgan fingerprint density at radius 1 is 1.00 bits per heavy atom. The van der Waals surface area contributed by atoms with E-state index in [1.165, 1.54) is 0 Å². The first-order valence-corrected chi connectivity index (χ1v) is 7.40. The van der Waals surface area contributed by atoms with E-state index >= 15 is 0 Å². The standard InChI is InChI=1S/C16H13BrN2O3/c1-20-13-8-4-2-6-11(13)16-19-18-15(22-16)10-21-14-9-5-3-7-12(14)17/h2-9H,10H2,1H3. The van der Waals surface area contributed by atoms with Crippen molar-refractivity contribution in [3.05, 3.63) is 58.9 Å². The Balaban J connectivity index is 1.75. The predicted molar refractivity (Wildman–Crippen MR) is 84.8 cm³/mol. The van der Waals surface area contributed by atoms with Crippen molar-refractivity contribution in [2.75, 3.05) is 7.11 Å². The molecule has 6 heteroatoms. The van der Waals surface area contributed by atoms with Gasteiger partial charge in [-0.3, -0.25) is 0 Å². The molecule has 1 heterocycles. The molecule has 0 unspecified atom stereocenters. The summed E-state index contributed by atoms with van der Waals surface area (Å²) in [6.07, 6.45) is 0. The highest BCUT2D eigenvalue weighted by Crippen LogP contribution is 2.29. The van der Waals surface area contributed by atoms with Gasteiger partial charge in [0.1, 0.15) is 11.5 Å². The molecule has 3 aromatic rings. The number of methoxy groups -OCH3 is 1. The van der Waals surface area contributed by atoms with Crippen LogP contribution < -0.4 is 9.47 Å². The smallest absolute Gasteiger partial charge is 0.254 e. The lowest BCUT2D eigenvalue weighted by Gasteiger charge is -2.05. The first kappa shape index (κ1) is 14.6. The lowest BCUT2D eigenvalue weighted by molar-refractivity contribution is 0.263. The molecular formula is C16H13BrN2O3. The molecule has 3 rings (SSSR count). The largest absolute Gasteiger partial charge is 0.496 e. The highest BCUT2D eigenvalue weighted by atomic mass is 79.9. The molecule has 0 atom stereocenters. The van der Waals surface area contributed by atoms with Crippen LogP contribution in [0.15, 0.2) is 57.4 Å². The Morgan fingerprint density at radius 2 is 1.73 bits per heavy atom. The zero-order valence-corrected chi connectivity index (χ0v) is 13.4. The second-order valence-corrected chi connectivity index (χ2v) is 5.27. The highest BCUT2D eigenvalue weighted by Gasteiger charge is 2.13. The van der Waals surface area contributed by atoms with Crippen LogP contribution in [-0.2, 0) is 6.61 Å². The van der Waals surface area contributed by atoms with Crippen LogP contribution in [0.4, 0.5) is 0 Å². The second-order valence-electron chi connectivity index (χ2n) is 4.42. The van der Waals surface area contributed by atoms with Crippen molar-refractivity contribution < 1.29 is 13.9 Å². The molecule has 0 aliphatic rings. The molecule has 5 nitrogen and oxygen atoms in total. The maximum Gasteiger partial charge on any atom is 0.254 e. The van der Waals surface area contributed by atoms with Crippen LogP contribution in [0, 0.1) is 0 Å². The van der Waals surface area contributed by atoms with Gasteiger partial charge in [0.05, 0.1) is 17.1 Å². The Kier molecular flexibility index (Phi) is 4.39. The third-order valence-corrected chi connectivity index (χ3v) is 3.65. The van der Waals surface area contributed by atoms with E-state index in [0.717, 1.165) is 15.8 Å². The average Bonchev–Trinajstić information content (AvgIpc) is 3.03. The van der Waals surface area contributed by atoms with Gasteiger partial charge in [-0.05, 0) is 40.2 Å². The fourth-order valence-electron chi connectivity index (χ4n) is 1.94. The van der Waals surface area contributed by atoms with E-state index in [4.69, 9.17) is 13.9 Å². The van der Waals surface area contributed by atoms with E-state index in [2.05, 4.69) is 26.1 Å². The maximum atomic E-state index is 5.65. The number of aromatic nitrogens is 2. The van der Waals surface area contributed by atoms with Crippen LogP contribution in [0.5, 0.6) is 11.5 Å². The zero-order valence-electron chi connectivity index (χ0n) is 11.8. The molecular weight excluding hydrogens is 348 g/mol. The van der Waals surface area contributed by atoms with Crippen molar-refractivity contribution in [1.82, 2.24) is 10.2 Å². The molecule has 0 N–H and O–H groups in total. The average molecular weight is 361 g/mol. The van der Waals surface area contributed by atoms with Gasteiger partial charge in [0, 0.05) is 0 Å². The Labute approximate surface area is 136 Å². The quantitative estimate of drug-likeness (QED) is 0.685. The van der Waals surface area contributed by atoms with Crippen molar-refractivity contribution >= 4 is 15.9 Å². The van der Waals surface area contributed by atoms with E-state index in [0.29, 0.717) is 17.5 Å². The normalized spacial score (nSPS) is 10.5. The van der Waals surface area contributed by atoms with Crippen LogP contribution in [0.2, 0.25) is 0 Å². The van der Waals surface area contributed by atoms with Crippen LogP contribution in [0.3, 0.4) is 0 Å². The third kappa shape index (κ3) is 3.12. The van der Waals surface area contributed by atoms with Gasteiger partial charge >= 0.3 is 0 Å². The predicted octanol–water partition coefficient (Wildman–Crippen LogP) is 4.09. The van der Waals surface area contributed by atoms with E-state index in [9.17, 15) is 0 Å². The number of hydrogen-bond acceptors (Lipinski definition) is 5. The number of nitrogens with zero attached hydrogens (tertiary/aromatic N) is 2. The number of rotatable bonds is 5. The van der Waals surface area contributed by atoms with E-state index in [1.807, 2.05) is 48.5 Å². The van der Waals surface area contributed by atoms with E-state index in [-0.39, 0.29) is 6.61 Å². The Hall–Kier alpha value is -2.34. The summed E-state index contributed by atoms with van der Waals surface area (Å²) in [7, 11) is 1.60. The Bertz CT molecular complexity index is 773. The monoisotopic (exact) mass is 360 g/mol. The van der Waals surface area contributed by atoms with Gasteiger partial charge in [-0.15, -0.1) is 10.2 Å². The molecule has 0 fully saturated rings. The molecule has 0 spiro atoms. The summed E-state index contributed by atoms with van der Waals surface area (Å²) < 4.78 is 17.4. The number of para-hydroxylation sites is 2. The first-order valence-electron chi connectivity index (χ1n) is 6.61. The fraction of sp³-hybridized carbons (Fsp3) is 0.125. The van der Waals surface area contributed by atoms with E-state index < -0.39 is 0 Å². The molecule has 0 saturated carbocycles. The van der Waals surface area contributed by atoms with Crippen molar-refractivity contribution in [3.63, 3.8) is 0 Å². The van der Waals surface area contributed by atoms with E-state index in [1.54, 1.807) is 7.11 Å². The minimum atomic E-state index is 0.199. The molecule has 0 amide bonds. The molecule has 22 heavy (non-hydrogen) atoms. The van der Waals surface area contributed by atoms with Crippen molar-refractivity contribution in [2.24, 2.45) is 0 Å². The van der Waals surface area contributed by atoms with Crippen molar-refractivity contribution in [1.29, 1.82) is 0 Å². The summed E-state index contributed by atoms with van der Waals surface area (Å²) in [5, 5.41) is 8.04. The van der Waals surface area contributed by atoms with Crippen LogP contribution in [-0.4, -0.2) is 17.3 Å². The minimum absolute atomic E-state index is 0.199. The molecule has 0 saturated heterocycles. The lowest BCUT2D eigenvalue weighted by atomic mass is 10.2. The van der Waals surface area contributed by atoms with Crippen LogP contribution in [0.25, 0.3) is 11.5 Å². The topological polar surface area (TPSA) is 57.4 Å². The van der Waals surface area contributed by atoms with Crippen molar-refractivity contribution in [2.45, 2.75) is 6.61 Å². The highest BCUT2D eigenvalue weighted by molar-refractivity contribution is 9.10.